The van der Waals surface area contributed by atoms with Crippen LogP contribution in [0.25, 0.3) is 10.8 Å². The van der Waals surface area contributed by atoms with Gasteiger partial charge in [-0.3, -0.25) is 4.55 Å². The number of hydrogen-bond donors (Lipinski definition) is 3. The summed E-state index contributed by atoms with van der Waals surface area (Å²) in [7, 11) is -4.39. The molecule has 0 aliphatic heterocycles. The molecule has 0 heterocycles. The molecule has 7 heteroatoms. The zero-order valence-electron chi connectivity index (χ0n) is 25.8. The topological polar surface area (TPSA) is 98.1 Å². The Labute approximate surface area is 250 Å². The monoisotopic (exact) mass is 591 g/mol. The molecular formula is C34H57NO5S. The molecule has 0 aliphatic carbocycles. The second-order valence-electron chi connectivity index (χ2n) is 11.8. The Morgan fingerprint density at radius 3 is 1.49 bits per heavy atom. The lowest BCUT2D eigenvalue weighted by Crippen LogP contribution is -2.38. The van der Waals surface area contributed by atoms with E-state index in [2.05, 4.69) is 13.8 Å². The summed E-state index contributed by atoms with van der Waals surface area (Å²) >= 11 is 0. The molecule has 0 fully saturated rings. The Balaban J connectivity index is 2.04. The van der Waals surface area contributed by atoms with E-state index in [1.807, 2.05) is 17.0 Å². The number of unbranched alkanes of at least 4 members (excludes halogenated alkanes) is 14. The normalized spacial score (nSPS) is 13.5. The van der Waals surface area contributed by atoms with Gasteiger partial charge >= 0.3 is 0 Å². The Morgan fingerprint density at radius 2 is 1.02 bits per heavy atom. The molecule has 0 bridgehead atoms. The van der Waals surface area contributed by atoms with Gasteiger partial charge in [-0.05, 0) is 25.0 Å². The smallest absolute Gasteiger partial charge is 0.295 e. The number of nitrogens with zero attached hydrogens (tertiary/aromatic N) is 1. The van der Waals surface area contributed by atoms with Crippen LogP contribution in [-0.4, -0.2) is 48.5 Å². The van der Waals surface area contributed by atoms with E-state index in [1.165, 1.54) is 83.1 Å². The summed E-state index contributed by atoms with van der Waals surface area (Å²) in [5.41, 5.74) is 0.762. The number of aliphatic hydroxyl groups excluding tert-OH is 2. The van der Waals surface area contributed by atoms with Crippen molar-refractivity contribution in [1.82, 2.24) is 0 Å². The largest absolute Gasteiger partial charge is 0.391 e. The summed E-state index contributed by atoms with van der Waals surface area (Å²) in [6, 6.07) is 10.2. The van der Waals surface area contributed by atoms with Crippen molar-refractivity contribution < 1.29 is 23.2 Å². The number of rotatable bonds is 24. The summed E-state index contributed by atoms with van der Waals surface area (Å²) in [4.78, 5) is 1.87. The van der Waals surface area contributed by atoms with Gasteiger partial charge in [-0.25, -0.2) is 0 Å². The van der Waals surface area contributed by atoms with E-state index in [0.29, 0.717) is 36.7 Å². The minimum atomic E-state index is -4.39. The van der Waals surface area contributed by atoms with Crippen LogP contribution in [0, 0.1) is 0 Å². The Morgan fingerprint density at radius 1 is 0.610 bits per heavy atom. The van der Waals surface area contributed by atoms with Gasteiger partial charge in [-0.15, -0.1) is 0 Å². The van der Waals surface area contributed by atoms with Crippen molar-refractivity contribution in [3.63, 3.8) is 0 Å². The molecule has 2 unspecified atom stereocenters. The first-order valence-corrected chi connectivity index (χ1v) is 17.8. The molecule has 0 spiro atoms. The second-order valence-corrected chi connectivity index (χ2v) is 13.2. The minimum Gasteiger partial charge on any atom is -0.391 e. The third-order valence-corrected chi connectivity index (χ3v) is 9.03. The predicted molar refractivity (Wildman–Crippen MR) is 172 cm³/mol. The highest BCUT2D eigenvalue weighted by Crippen LogP contribution is 2.32. The van der Waals surface area contributed by atoms with Crippen LogP contribution in [0.5, 0.6) is 0 Å². The van der Waals surface area contributed by atoms with Gasteiger partial charge in [0.05, 0.1) is 12.2 Å². The number of fused-ring (bicyclic) bond motifs is 1. The van der Waals surface area contributed by atoms with Gasteiger partial charge in [0.2, 0.25) is 0 Å². The molecule has 2 aromatic carbocycles. The van der Waals surface area contributed by atoms with Crippen molar-refractivity contribution in [3.8, 4) is 0 Å². The van der Waals surface area contributed by atoms with Gasteiger partial charge in [0.1, 0.15) is 4.90 Å². The van der Waals surface area contributed by atoms with E-state index in [4.69, 9.17) is 0 Å². The SMILES string of the molecule is CCCCCCCCCCC(O)CN(CC(O)CCCCCCCCCC)c1cccc2c(S(=O)(=O)O)cccc12. The van der Waals surface area contributed by atoms with Gasteiger partial charge in [0, 0.05) is 29.5 Å². The van der Waals surface area contributed by atoms with Gasteiger partial charge in [0.25, 0.3) is 10.1 Å². The summed E-state index contributed by atoms with van der Waals surface area (Å²) in [5.74, 6) is 0. The van der Waals surface area contributed by atoms with Crippen LogP contribution in [0.1, 0.15) is 129 Å². The van der Waals surface area contributed by atoms with Crippen LogP contribution in [0.3, 0.4) is 0 Å². The summed E-state index contributed by atoms with van der Waals surface area (Å²) < 4.78 is 33.9. The molecule has 2 atom stereocenters. The third kappa shape index (κ3) is 13.9. The lowest BCUT2D eigenvalue weighted by Gasteiger charge is -2.31. The molecule has 0 saturated heterocycles. The van der Waals surface area contributed by atoms with Gasteiger partial charge < -0.3 is 15.1 Å². The van der Waals surface area contributed by atoms with Crippen LogP contribution in [-0.2, 0) is 10.1 Å². The maximum atomic E-state index is 12.0. The van der Waals surface area contributed by atoms with E-state index >= 15 is 0 Å². The fourth-order valence-corrected chi connectivity index (χ4v) is 6.46. The Hall–Kier alpha value is -1.67. The van der Waals surface area contributed by atoms with E-state index < -0.39 is 22.3 Å². The maximum absolute atomic E-state index is 12.0. The highest BCUT2D eigenvalue weighted by atomic mass is 32.2. The molecule has 41 heavy (non-hydrogen) atoms. The molecule has 0 aromatic heterocycles. The molecule has 3 N–H and O–H groups in total. The van der Waals surface area contributed by atoms with Crippen LogP contribution >= 0.6 is 0 Å². The van der Waals surface area contributed by atoms with E-state index in [-0.39, 0.29) is 4.90 Å². The number of benzene rings is 2. The number of aliphatic hydroxyl groups is 2. The summed E-state index contributed by atoms with van der Waals surface area (Å²) in [6.07, 6.45) is 19.6. The van der Waals surface area contributed by atoms with Gasteiger partial charge in [-0.2, -0.15) is 8.42 Å². The standard InChI is InChI=1S/C34H57NO5S/c1-3-5-7-9-11-13-15-17-21-29(36)27-35(28-30(37)22-18-16-14-12-10-8-6-4-2)33-25-19-24-32-31(33)23-20-26-34(32)41(38,39)40/h19-20,23-26,29-30,36-37H,3-18,21-22,27-28H2,1-2H3,(H,38,39,40). The molecule has 6 nitrogen and oxygen atoms in total. The van der Waals surface area contributed by atoms with Crippen molar-refractivity contribution in [3.05, 3.63) is 36.4 Å². The number of hydrogen-bond acceptors (Lipinski definition) is 5. The zero-order chi connectivity index (χ0) is 29.9. The van der Waals surface area contributed by atoms with Crippen LogP contribution in [0.2, 0.25) is 0 Å². The molecule has 2 rings (SSSR count). The highest BCUT2D eigenvalue weighted by molar-refractivity contribution is 7.86. The van der Waals surface area contributed by atoms with Gasteiger partial charge in [-0.1, -0.05) is 141 Å². The second kappa shape index (κ2) is 20.3. The molecule has 0 saturated carbocycles. The lowest BCUT2D eigenvalue weighted by atomic mass is 10.0. The average Bonchev–Trinajstić information content (AvgIpc) is 2.94. The van der Waals surface area contributed by atoms with Gasteiger partial charge in [0.15, 0.2) is 0 Å². The van der Waals surface area contributed by atoms with E-state index in [9.17, 15) is 23.2 Å². The first-order chi connectivity index (χ1) is 19.8. The van der Waals surface area contributed by atoms with E-state index in [0.717, 1.165) is 31.4 Å². The zero-order valence-corrected chi connectivity index (χ0v) is 26.6. The third-order valence-electron chi connectivity index (χ3n) is 8.12. The Kier molecular flexibility index (Phi) is 17.6. The molecule has 0 aliphatic rings. The van der Waals surface area contributed by atoms with Crippen LogP contribution < -0.4 is 4.90 Å². The lowest BCUT2D eigenvalue weighted by molar-refractivity contribution is 0.145. The predicted octanol–water partition coefficient (Wildman–Crippen LogP) is 8.68. The molecule has 0 radical (unpaired) electrons. The maximum Gasteiger partial charge on any atom is 0.295 e. The van der Waals surface area contributed by atoms with Crippen LogP contribution in [0.15, 0.2) is 41.3 Å². The van der Waals surface area contributed by atoms with E-state index in [1.54, 1.807) is 18.2 Å². The highest BCUT2D eigenvalue weighted by Gasteiger charge is 2.21. The molecule has 0 amide bonds. The van der Waals surface area contributed by atoms with Crippen molar-refractivity contribution in [2.45, 2.75) is 147 Å². The first kappa shape index (κ1) is 35.5. The summed E-state index contributed by atoms with van der Waals surface area (Å²) in [6.45, 7) is 5.18. The van der Waals surface area contributed by atoms with Crippen molar-refractivity contribution in [1.29, 1.82) is 0 Å². The van der Waals surface area contributed by atoms with Crippen molar-refractivity contribution in [2.75, 3.05) is 18.0 Å². The average molecular weight is 592 g/mol. The number of anilines is 1. The summed E-state index contributed by atoms with van der Waals surface area (Å²) in [5, 5.41) is 23.1. The molecule has 234 valence electrons. The fourth-order valence-electron chi connectivity index (χ4n) is 5.76. The molecule has 2 aromatic rings. The van der Waals surface area contributed by atoms with Crippen molar-refractivity contribution in [2.24, 2.45) is 0 Å². The quantitative estimate of drug-likeness (QED) is 0.0834. The Bertz CT molecular complexity index is 1050. The first-order valence-electron chi connectivity index (χ1n) is 16.4. The minimum absolute atomic E-state index is 0.129. The fraction of sp³-hybridized carbons (Fsp3) is 0.706. The van der Waals surface area contributed by atoms with Crippen molar-refractivity contribution >= 4 is 26.6 Å². The van der Waals surface area contributed by atoms with Crippen LogP contribution in [0.4, 0.5) is 5.69 Å². The molecular weight excluding hydrogens is 534 g/mol.